The highest BCUT2D eigenvalue weighted by Gasteiger charge is 2.46. The summed E-state index contributed by atoms with van der Waals surface area (Å²) in [4.78, 5) is 14.1. The zero-order chi connectivity index (χ0) is 14.3. The van der Waals surface area contributed by atoms with Crippen LogP contribution in [-0.4, -0.2) is 31.6 Å². The van der Waals surface area contributed by atoms with Crippen LogP contribution in [0.1, 0.15) is 23.6 Å². The molecule has 1 amide bonds. The molecule has 5 heteroatoms. The molecule has 20 heavy (non-hydrogen) atoms. The number of thioether (sulfide) groups is 1. The second kappa shape index (κ2) is 5.31. The van der Waals surface area contributed by atoms with Crippen molar-refractivity contribution in [3.63, 3.8) is 0 Å². The Kier molecular flexibility index (Phi) is 3.67. The van der Waals surface area contributed by atoms with E-state index in [1.54, 1.807) is 16.7 Å². The van der Waals surface area contributed by atoms with Gasteiger partial charge in [0.05, 0.1) is 18.6 Å². The molecule has 1 aliphatic heterocycles. The van der Waals surface area contributed by atoms with Crippen LogP contribution in [0.3, 0.4) is 0 Å². The minimum absolute atomic E-state index is 0.0215. The maximum absolute atomic E-state index is 12.4. The quantitative estimate of drug-likeness (QED) is 0.688. The minimum atomic E-state index is -0.814. The Balaban J connectivity index is 1.89. The van der Waals surface area contributed by atoms with E-state index in [1.807, 2.05) is 12.1 Å². The summed E-state index contributed by atoms with van der Waals surface area (Å²) >= 11 is 6.94. The van der Waals surface area contributed by atoms with Crippen LogP contribution < -0.4 is 0 Å². The molecule has 2 aliphatic rings. The monoisotopic (exact) mass is 305 g/mol. The van der Waals surface area contributed by atoms with Crippen molar-refractivity contribution in [2.45, 2.75) is 30.2 Å². The van der Waals surface area contributed by atoms with Crippen molar-refractivity contribution < 1.29 is 9.90 Å². The van der Waals surface area contributed by atoms with Crippen molar-refractivity contribution in [3.8, 4) is 0 Å². The highest BCUT2D eigenvalue weighted by molar-refractivity contribution is 8.23. The molecule has 0 spiro atoms. The van der Waals surface area contributed by atoms with Gasteiger partial charge in [-0.15, -0.1) is 6.58 Å². The van der Waals surface area contributed by atoms with Gasteiger partial charge in [0.15, 0.2) is 0 Å². The van der Waals surface area contributed by atoms with Crippen molar-refractivity contribution in [2.24, 2.45) is 0 Å². The lowest BCUT2D eigenvalue weighted by Crippen LogP contribution is -2.35. The zero-order valence-corrected chi connectivity index (χ0v) is 12.5. The van der Waals surface area contributed by atoms with Gasteiger partial charge in [-0.3, -0.25) is 9.69 Å². The van der Waals surface area contributed by atoms with E-state index < -0.39 is 6.10 Å². The smallest absolute Gasteiger partial charge is 0.231 e. The van der Waals surface area contributed by atoms with Gasteiger partial charge in [-0.05, 0) is 17.5 Å². The predicted octanol–water partition coefficient (Wildman–Crippen LogP) is 2.45. The molecule has 1 fully saturated rings. The third kappa shape index (κ3) is 2.20. The van der Waals surface area contributed by atoms with Crippen LogP contribution in [0.25, 0.3) is 0 Å². The molecule has 3 nitrogen and oxygen atoms in total. The number of rotatable bonds is 3. The highest BCUT2D eigenvalue weighted by atomic mass is 32.2. The summed E-state index contributed by atoms with van der Waals surface area (Å²) in [5.41, 5.74) is 2.48. The van der Waals surface area contributed by atoms with Gasteiger partial charge in [0.2, 0.25) is 5.91 Å². The van der Waals surface area contributed by atoms with Gasteiger partial charge in [-0.2, -0.15) is 0 Å². The van der Waals surface area contributed by atoms with Crippen LogP contribution in [0.5, 0.6) is 0 Å². The van der Waals surface area contributed by atoms with E-state index in [1.165, 1.54) is 17.2 Å². The molecule has 3 atom stereocenters. The number of benzene rings is 1. The third-order valence-corrected chi connectivity index (χ3v) is 5.41. The van der Waals surface area contributed by atoms with E-state index in [4.69, 9.17) is 12.2 Å². The number of carbonyl (C=O) groups is 1. The number of hydrogen-bond acceptors (Lipinski definition) is 4. The average Bonchev–Trinajstić information content (AvgIpc) is 2.92. The second-order valence-corrected chi connectivity index (χ2v) is 6.91. The fourth-order valence-corrected chi connectivity index (χ4v) is 4.70. The summed E-state index contributed by atoms with van der Waals surface area (Å²) in [6.45, 7) is 3.50. The number of thiocarbonyl (C=S) groups is 1. The number of carbonyl (C=O) groups excluding carboxylic acids is 1. The van der Waals surface area contributed by atoms with Crippen LogP contribution in [-0.2, 0) is 11.2 Å². The van der Waals surface area contributed by atoms with Gasteiger partial charge >= 0.3 is 0 Å². The Hall–Kier alpha value is -1.17. The Morgan fingerprint density at radius 1 is 1.60 bits per heavy atom. The molecule has 1 aliphatic carbocycles. The third-order valence-electron chi connectivity index (χ3n) is 3.80. The second-order valence-electron chi connectivity index (χ2n) is 5.04. The Bertz CT molecular complexity index is 587. The summed E-state index contributed by atoms with van der Waals surface area (Å²) < 4.78 is 0.621. The fourth-order valence-electron chi connectivity index (χ4n) is 2.87. The van der Waals surface area contributed by atoms with E-state index in [-0.39, 0.29) is 18.4 Å². The SMILES string of the molecule is C=C[C@H](O)CC(=O)N1C(=S)S[C@@H]2Cc3ccccc3[C@@H]21. The number of nitrogens with zero attached hydrogens (tertiary/aromatic N) is 1. The van der Waals surface area contributed by atoms with E-state index >= 15 is 0 Å². The minimum Gasteiger partial charge on any atom is -0.389 e. The number of hydrogen-bond donors (Lipinski definition) is 1. The molecule has 1 aromatic rings. The van der Waals surface area contributed by atoms with Crippen molar-refractivity contribution >= 4 is 34.2 Å². The van der Waals surface area contributed by atoms with Crippen molar-refractivity contribution in [1.29, 1.82) is 0 Å². The lowest BCUT2D eigenvalue weighted by atomic mass is 10.1. The Morgan fingerprint density at radius 2 is 2.35 bits per heavy atom. The first-order valence-corrected chi connectivity index (χ1v) is 7.81. The van der Waals surface area contributed by atoms with Crippen molar-refractivity contribution in [3.05, 3.63) is 48.0 Å². The zero-order valence-electron chi connectivity index (χ0n) is 10.9. The lowest BCUT2D eigenvalue weighted by molar-refractivity contribution is -0.130. The predicted molar refractivity (Wildman–Crippen MR) is 84.5 cm³/mol. The van der Waals surface area contributed by atoms with Crippen LogP contribution >= 0.6 is 24.0 Å². The van der Waals surface area contributed by atoms with Crippen LogP contribution in [0.4, 0.5) is 0 Å². The molecular formula is C15H15NO2S2. The molecule has 104 valence electrons. The van der Waals surface area contributed by atoms with Gasteiger partial charge < -0.3 is 5.11 Å². The molecule has 1 N–H and O–H groups in total. The first-order valence-electron chi connectivity index (χ1n) is 6.53. The molecule has 1 aromatic carbocycles. The summed E-state index contributed by atoms with van der Waals surface area (Å²) in [5, 5.41) is 9.90. The van der Waals surface area contributed by atoms with Gasteiger partial charge in [0.1, 0.15) is 4.32 Å². The van der Waals surface area contributed by atoms with Crippen molar-refractivity contribution in [2.75, 3.05) is 0 Å². The van der Waals surface area contributed by atoms with Crippen LogP contribution in [0, 0.1) is 0 Å². The summed E-state index contributed by atoms with van der Waals surface area (Å²) in [6, 6.07) is 8.22. The van der Waals surface area contributed by atoms with Crippen LogP contribution in [0.2, 0.25) is 0 Å². The largest absolute Gasteiger partial charge is 0.389 e. The molecule has 3 rings (SSSR count). The van der Waals surface area contributed by atoms with E-state index in [2.05, 4.69) is 18.7 Å². The lowest BCUT2D eigenvalue weighted by Gasteiger charge is -2.24. The number of fused-ring (bicyclic) bond motifs is 3. The van der Waals surface area contributed by atoms with E-state index in [0.29, 0.717) is 9.57 Å². The molecule has 0 radical (unpaired) electrons. The first kappa shape index (κ1) is 13.8. The fraction of sp³-hybridized carbons (Fsp3) is 0.333. The van der Waals surface area contributed by atoms with Gasteiger partial charge in [-0.25, -0.2) is 0 Å². The van der Waals surface area contributed by atoms with Gasteiger partial charge in [0, 0.05) is 5.25 Å². The number of aliphatic hydroxyl groups is 1. The number of aliphatic hydroxyl groups excluding tert-OH is 1. The Morgan fingerprint density at radius 3 is 3.10 bits per heavy atom. The highest BCUT2D eigenvalue weighted by Crippen LogP contribution is 2.49. The summed E-state index contributed by atoms with van der Waals surface area (Å²) in [7, 11) is 0. The molecule has 0 bridgehead atoms. The van der Waals surface area contributed by atoms with E-state index in [0.717, 1.165) is 6.42 Å². The maximum Gasteiger partial charge on any atom is 0.231 e. The van der Waals surface area contributed by atoms with E-state index in [9.17, 15) is 9.90 Å². The topological polar surface area (TPSA) is 40.5 Å². The summed E-state index contributed by atoms with van der Waals surface area (Å²) in [6.07, 6.45) is 1.55. The number of amides is 1. The molecular weight excluding hydrogens is 290 g/mol. The Labute approximate surface area is 127 Å². The molecule has 1 heterocycles. The normalized spacial score (nSPS) is 25.2. The molecule has 0 aromatic heterocycles. The van der Waals surface area contributed by atoms with Crippen molar-refractivity contribution in [1.82, 2.24) is 4.90 Å². The standard InChI is InChI=1S/C15H15NO2S2/c1-2-10(17)8-13(18)16-14-11-6-4-3-5-9(11)7-12(14)20-15(16)19/h2-6,10,12,14,17H,1,7-8H2/t10-,12+,14-/m0/s1. The maximum atomic E-state index is 12.4. The first-order chi connectivity index (χ1) is 9.61. The van der Waals surface area contributed by atoms with Crippen LogP contribution in [0.15, 0.2) is 36.9 Å². The molecule has 0 saturated carbocycles. The summed E-state index contributed by atoms with van der Waals surface area (Å²) in [5.74, 6) is -0.126. The van der Waals surface area contributed by atoms with Gasteiger partial charge in [-0.1, -0.05) is 54.3 Å². The van der Waals surface area contributed by atoms with Gasteiger partial charge in [0.25, 0.3) is 0 Å². The molecule has 0 unspecified atom stereocenters. The average molecular weight is 305 g/mol. The molecule has 1 saturated heterocycles.